The van der Waals surface area contributed by atoms with E-state index in [-0.39, 0.29) is 5.75 Å². The van der Waals surface area contributed by atoms with Gasteiger partial charge in [0.15, 0.2) is 0 Å². The minimum Gasteiger partial charge on any atom is -0.481 e. The molecule has 0 unspecified atom stereocenters. The molecule has 0 aliphatic heterocycles. The van der Waals surface area contributed by atoms with E-state index < -0.39 is 5.97 Å². The topological polar surface area (TPSA) is 69.9 Å². The van der Waals surface area contributed by atoms with Gasteiger partial charge in [-0.25, -0.2) is 0 Å². The van der Waals surface area contributed by atoms with E-state index in [9.17, 15) is 4.79 Å². The lowest BCUT2D eigenvalue weighted by molar-refractivity contribution is -0.625. The number of hydrogen-bond acceptors (Lipinski definition) is 3. The molecule has 0 aliphatic carbocycles. The number of hydrogen-bond donors (Lipinski definition) is 2. The van der Waals surface area contributed by atoms with Gasteiger partial charge < -0.3 is 5.11 Å². The SMILES string of the molecule is O=C(O)CSc1n[nH]c(-c2ccc(Cl)cc2)[n+]1-c1ccccc1. The molecule has 0 amide bonds. The number of carboxylic acid groups (broad SMARTS) is 1. The highest BCUT2D eigenvalue weighted by atomic mass is 35.5. The Labute approximate surface area is 141 Å². The van der Waals surface area contributed by atoms with Crippen molar-refractivity contribution in [2.75, 3.05) is 5.75 Å². The zero-order valence-electron chi connectivity index (χ0n) is 11.9. The fourth-order valence-electron chi connectivity index (χ4n) is 2.14. The summed E-state index contributed by atoms with van der Waals surface area (Å²) in [7, 11) is 0. The van der Waals surface area contributed by atoms with Crippen LogP contribution >= 0.6 is 23.4 Å². The van der Waals surface area contributed by atoms with Crippen molar-refractivity contribution in [2.24, 2.45) is 0 Å². The van der Waals surface area contributed by atoms with Crippen LogP contribution in [-0.4, -0.2) is 27.0 Å². The van der Waals surface area contributed by atoms with Crippen LogP contribution in [0.15, 0.2) is 59.8 Å². The van der Waals surface area contributed by atoms with E-state index in [4.69, 9.17) is 16.7 Å². The van der Waals surface area contributed by atoms with Crippen LogP contribution in [0.4, 0.5) is 0 Å². The molecule has 1 aromatic heterocycles. The van der Waals surface area contributed by atoms with Crippen LogP contribution in [0.25, 0.3) is 17.1 Å². The second-order valence-electron chi connectivity index (χ2n) is 4.72. The van der Waals surface area contributed by atoms with Gasteiger partial charge in [-0.2, -0.15) is 4.57 Å². The van der Waals surface area contributed by atoms with Crippen LogP contribution < -0.4 is 4.57 Å². The van der Waals surface area contributed by atoms with E-state index in [1.165, 1.54) is 0 Å². The van der Waals surface area contributed by atoms with E-state index in [1.807, 2.05) is 47.0 Å². The monoisotopic (exact) mass is 346 g/mol. The Morgan fingerprint density at radius 3 is 2.52 bits per heavy atom. The van der Waals surface area contributed by atoms with Gasteiger partial charge >= 0.3 is 11.1 Å². The first-order valence-corrected chi connectivity index (χ1v) is 8.18. The van der Waals surface area contributed by atoms with Gasteiger partial charge in [0, 0.05) is 5.02 Å². The minimum atomic E-state index is -0.884. The van der Waals surface area contributed by atoms with Crippen molar-refractivity contribution in [1.82, 2.24) is 10.2 Å². The zero-order valence-corrected chi connectivity index (χ0v) is 13.5. The largest absolute Gasteiger partial charge is 0.481 e. The Bertz CT molecular complexity index is 819. The molecule has 116 valence electrons. The summed E-state index contributed by atoms with van der Waals surface area (Å²) in [5.41, 5.74) is 1.81. The second kappa shape index (κ2) is 6.85. The number of nitrogens with one attached hydrogen (secondary N) is 1. The smallest absolute Gasteiger partial charge is 0.342 e. The minimum absolute atomic E-state index is 0.0578. The summed E-state index contributed by atoms with van der Waals surface area (Å²) < 4.78 is 1.90. The molecule has 0 atom stereocenters. The van der Waals surface area contributed by atoms with Crippen molar-refractivity contribution in [3.63, 3.8) is 0 Å². The standard InChI is InChI=1S/C16H12ClN3O2S/c17-12-8-6-11(7-9-12)15-18-19-16(23-10-14(21)22)20(15)13-4-2-1-3-5-13/h1-9H,10H2,(H,21,22)/p+1. The lowest BCUT2D eigenvalue weighted by atomic mass is 10.2. The quantitative estimate of drug-likeness (QED) is 0.550. The van der Waals surface area contributed by atoms with Crippen molar-refractivity contribution < 1.29 is 14.5 Å². The van der Waals surface area contributed by atoms with E-state index in [0.717, 1.165) is 28.8 Å². The predicted molar refractivity (Wildman–Crippen MR) is 88.9 cm³/mol. The highest BCUT2D eigenvalue weighted by molar-refractivity contribution is 7.99. The molecule has 0 radical (unpaired) electrons. The Morgan fingerprint density at radius 2 is 1.87 bits per heavy atom. The maximum absolute atomic E-state index is 10.9. The number of H-pyrrole nitrogens is 1. The summed E-state index contributed by atoms with van der Waals surface area (Å²) in [5.74, 6) is -0.177. The number of benzene rings is 2. The zero-order chi connectivity index (χ0) is 16.2. The van der Waals surface area contributed by atoms with E-state index in [2.05, 4.69) is 10.2 Å². The first-order chi connectivity index (χ1) is 11.1. The number of halogens is 1. The summed E-state index contributed by atoms with van der Waals surface area (Å²) in [6.45, 7) is 0. The Kier molecular flexibility index (Phi) is 4.64. The fourth-order valence-corrected chi connectivity index (χ4v) is 2.95. The summed E-state index contributed by atoms with van der Waals surface area (Å²) in [6.07, 6.45) is 0. The molecular formula is C16H13ClN3O2S+. The molecule has 0 bridgehead atoms. The van der Waals surface area contributed by atoms with Gasteiger partial charge in [-0.05, 0) is 48.2 Å². The van der Waals surface area contributed by atoms with Crippen LogP contribution in [0, 0.1) is 0 Å². The lowest BCUT2D eigenvalue weighted by Crippen LogP contribution is -2.34. The van der Waals surface area contributed by atoms with E-state index in [1.54, 1.807) is 12.1 Å². The van der Waals surface area contributed by atoms with Crippen molar-refractivity contribution in [3.8, 4) is 17.1 Å². The van der Waals surface area contributed by atoms with Gasteiger partial charge in [0.05, 0.1) is 10.7 Å². The predicted octanol–water partition coefficient (Wildman–Crippen LogP) is 3.18. The maximum Gasteiger partial charge on any atom is 0.342 e. The average molecular weight is 347 g/mol. The highest BCUT2D eigenvalue weighted by Gasteiger charge is 2.24. The molecule has 7 heteroatoms. The van der Waals surface area contributed by atoms with Crippen molar-refractivity contribution >= 4 is 29.3 Å². The van der Waals surface area contributed by atoms with Gasteiger partial charge in [0.2, 0.25) is 0 Å². The van der Waals surface area contributed by atoms with Crippen molar-refractivity contribution in [1.29, 1.82) is 0 Å². The summed E-state index contributed by atoms with van der Waals surface area (Å²) in [5, 5.41) is 17.4. The van der Waals surface area contributed by atoms with Crippen molar-refractivity contribution in [3.05, 3.63) is 59.6 Å². The number of aliphatic carboxylic acids is 1. The third-order valence-corrected chi connectivity index (χ3v) is 4.30. The van der Waals surface area contributed by atoms with E-state index >= 15 is 0 Å². The molecule has 0 saturated carbocycles. The molecule has 3 rings (SSSR count). The number of aromatic nitrogens is 3. The molecule has 0 aliphatic rings. The highest BCUT2D eigenvalue weighted by Crippen LogP contribution is 2.21. The van der Waals surface area contributed by atoms with Gasteiger partial charge in [-0.1, -0.05) is 29.8 Å². The first kappa shape index (κ1) is 15.6. The third-order valence-electron chi connectivity index (χ3n) is 3.13. The van der Waals surface area contributed by atoms with Gasteiger partial charge in [-0.3, -0.25) is 4.79 Å². The molecule has 0 saturated heterocycles. The number of nitrogens with zero attached hydrogens (tertiary/aromatic N) is 2. The number of carboxylic acids is 1. The van der Waals surface area contributed by atoms with Gasteiger partial charge in [0.1, 0.15) is 11.4 Å². The van der Waals surface area contributed by atoms with Crippen LogP contribution in [0.2, 0.25) is 5.02 Å². The van der Waals surface area contributed by atoms with Crippen LogP contribution in [-0.2, 0) is 4.79 Å². The number of carbonyl (C=O) groups is 1. The van der Waals surface area contributed by atoms with Gasteiger partial charge in [0.25, 0.3) is 5.82 Å². The number of thioether (sulfide) groups is 1. The Hall–Kier alpha value is -2.31. The summed E-state index contributed by atoms with van der Waals surface area (Å²) in [6, 6.07) is 17.0. The average Bonchev–Trinajstić information content (AvgIpc) is 2.98. The number of rotatable bonds is 5. The molecule has 1 heterocycles. The lowest BCUT2D eigenvalue weighted by Gasteiger charge is -2.03. The third kappa shape index (κ3) is 3.55. The molecular weight excluding hydrogens is 334 g/mol. The first-order valence-electron chi connectivity index (χ1n) is 6.81. The molecule has 2 aromatic carbocycles. The molecule has 5 nitrogen and oxygen atoms in total. The van der Waals surface area contributed by atoms with Crippen LogP contribution in [0.3, 0.4) is 0 Å². The normalized spacial score (nSPS) is 10.7. The van der Waals surface area contributed by atoms with Crippen molar-refractivity contribution in [2.45, 2.75) is 5.16 Å². The molecule has 3 aromatic rings. The second-order valence-corrected chi connectivity index (χ2v) is 6.09. The fraction of sp³-hybridized carbons (Fsp3) is 0.0625. The molecule has 0 spiro atoms. The Morgan fingerprint density at radius 1 is 1.17 bits per heavy atom. The number of aromatic amines is 1. The maximum atomic E-state index is 10.9. The van der Waals surface area contributed by atoms with Gasteiger partial charge in [-0.15, -0.1) is 5.10 Å². The summed E-state index contributed by atoms with van der Waals surface area (Å²) in [4.78, 5) is 10.9. The number of para-hydroxylation sites is 1. The van der Waals surface area contributed by atoms with E-state index in [0.29, 0.717) is 10.2 Å². The molecule has 0 fully saturated rings. The van der Waals surface area contributed by atoms with Crippen LogP contribution in [0.5, 0.6) is 0 Å². The Balaban J connectivity index is 2.09. The molecule has 23 heavy (non-hydrogen) atoms. The summed E-state index contributed by atoms with van der Waals surface area (Å²) >= 11 is 7.11. The molecule has 2 N–H and O–H groups in total. The van der Waals surface area contributed by atoms with Crippen LogP contribution in [0.1, 0.15) is 0 Å².